The SMILES string of the molecule is COc1ccc(-n2ccn(Cc3ccccc3F)c(=O)c2=O)cc1Cl. The summed E-state index contributed by atoms with van der Waals surface area (Å²) in [6, 6.07) is 10.9. The first kappa shape index (κ1) is 17.0. The van der Waals surface area contributed by atoms with Gasteiger partial charge in [0, 0.05) is 18.0 Å². The van der Waals surface area contributed by atoms with E-state index >= 15 is 0 Å². The average Bonchev–Trinajstić information content (AvgIpc) is 2.61. The molecule has 3 rings (SSSR count). The number of nitrogens with zero attached hydrogens (tertiary/aromatic N) is 2. The molecule has 0 amide bonds. The lowest BCUT2D eigenvalue weighted by Crippen LogP contribution is -2.40. The summed E-state index contributed by atoms with van der Waals surface area (Å²) < 4.78 is 21.2. The zero-order chi connectivity index (χ0) is 18.0. The summed E-state index contributed by atoms with van der Waals surface area (Å²) in [5, 5.41) is 0.322. The van der Waals surface area contributed by atoms with Crippen LogP contribution in [0, 0.1) is 5.82 Å². The van der Waals surface area contributed by atoms with Crippen LogP contribution in [0.4, 0.5) is 4.39 Å². The van der Waals surface area contributed by atoms with Gasteiger partial charge in [0.05, 0.1) is 24.4 Å². The van der Waals surface area contributed by atoms with E-state index in [0.717, 1.165) is 0 Å². The predicted molar refractivity (Wildman–Crippen MR) is 93.4 cm³/mol. The van der Waals surface area contributed by atoms with Crippen LogP contribution in [0.25, 0.3) is 5.69 Å². The average molecular weight is 361 g/mol. The lowest BCUT2D eigenvalue weighted by Gasteiger charge is -2.11. The van der Waals surface area contributed by atoms with Crippen molar-refractivity contribution in [3.8, 4) is 11.4 Å². The predicted octanol–water partition coefficient (Wildman–Crippen LogP) is 2.85. The van der Waals surface area contributed by atoms with Crippen molar-refractivity contribution in [2.75, 3.05) is 7.11 Å². The van der Waals surface area contributed by atoms with Crippen molar-refractivity contribution in [2.24, 2.45) is 0 Å². The van der Waals surface area contributed by atoms with Crippen molar-refractivity contribution in [2.45, 2.75) is 6.54 Å². The first-order valence-electron chi connectivity index (χ1n) is 7.40. The Labute approximate surface area is 147 Å². The van der Waals surface area contributed by atoms with Crippen molar-refractivity contribution in [1.29, 1.82) is 0 Å². The topological polar surface area (TPSA) is 53.2 Å². The van der Waals surface area contributed by atoms with Gasteiger partial charge in [-0.1, -0.05) is 29.8 Å². The van der Waals surface area contributed by atoms with Gasteiger partial charge in [0.15, 0.2) is 0 Å². The summed E-state index contributed by atoms with van der Waals surface area (Å²) in [5.74, 6) is 0.0341. The fraction of sp³-hybridized carbons (Fsp3) is 0.111. The number of rotatable bonds is 4. The normalized spacial score (nSPS) is 10.7. The fourth-order valence-corrected chi connectivity index (χ4v) is 2.70. The first-order chi connectivity index (χ1) is 12.0. The molecule has 0 aliphatic rings. The van der Waals surface area contributed by atoms with Gasteiger partial charge in [-0.2, -0.15) is 0 Å². The Morgan fingerprint density at radius 2 is 1.84 bits per heavy atom. The highest BCUT2D eigenvalue weighted by atomic mass is 35.5. The van der Waals surface area contributed by atoms with Crippen LogP contribution in [-0.2, 0) is 6.54 Å². The highest BCUT2D eigenvalue weighted by molar-refractivity contribution is 6.32. The Hall–Kier alpha value is -2.86. The van der Waals surface area contributed by atoms with E-state index in [9.17, 15) is 14.0 Å². The van der Waals surface area contributed by atoms with Gasteiger partial charge in [0.1, 0.15) is 11.6 Å². The molecule has 5 nitrogen and oxygen atoms in total. The molecule has 7 heteroatoms. The maximum absolute atomic E-state index is 13.7. The second-order valence-corrected chi connectivity index (χ2v) is 5.72. The molecule has 0 fully saturated rings. The Morgan fingerprint density at radius 3 is 2.52 bits per heavy atom. The van der Waals surface area contributed by atoms with Gasteiger partial charge in [-0.15, -0.1) is 0 Å². The second-order valence-electron chi connectivity index (χ2n) is 5.32. The third-order valence-corrected chi connectivity index (χ3v) is 4.07. The van der Waals surface area contributed by atoms with Crippen LogP contribution in [0.1, 0.15) is 5.56 Å². The van der Waals surface area contributed by atoms with Crippen molar-refractivity contribution in [3.05, 3.63) is 92.0 Å². The van der Waals surface area contributed by atoms with Gasteiger partial charge in [-0.05, 0) is 24.3 Å². The minimum Gasteiger partial charge on any atom is -0.495 e. The zero-order valence-electron chi connectivity index (χ0n) is 13.3. The van der Waals surface area contributed by atoms with Crippen LogP contribution in [0.2, 0.25) is 5.02 Å². The van der Waals surface area contributed by atoms with Gasteiger partial charge in [-0.25, -0.2) is 4.39 Å². The van der Waals surface area contributed by atoms with Crippen LogP contribution >= 0.6 is 11.6 Å². The molecule has 2 aromatic carbocycles. The third kappa shape index (κ3) is 3.34. The molecule has 0 saturated heterocycles. The maximum Gasteiger partial charge on any atom is 0.320 e. The molecule has 0 unspecified atom stereocenters. The lowest BCUT2D eigenvalue weighted by atomic mass is 10.2. The van der Waals surface area contributed by atoms with Crippen molar-refractivity contribution in [1.82, 2.24) is 9.13 Å². The van der Waals surface area contributed by atoms with Crippen LogP contribution in [0.5, 0.6) is 5.75 Å². The van der Waals surface area contributed by atoms with Crippen molar-refractivity contribution in [3.63, 3.8) is 0 Å². The van der Waals surface area contributed by atoms with Gasteiger partial charge < -0.3 is 9.30 Å². The number of halogens is 2. The van der Waals surface area contributed by atoms with Crippen LogP contribution in [-0.4, -0.2) is 16.2 Å². The number of aromatic nitrogens is 2. The minimum atomic E-state index is -0.752. The van der Waals surface area contributed by atoms with E-state index < -0.39 is 16.9 Å². The monoisotopic (exact) mass is 360 g/mol. The van der Waals surface area contributed by atoms with Crippen LogP contribution < -0.4 is 15.9 Å². The van der Waals surface area contributed by atoms with E-state index in [1.165, 1.54) is 40.8 Å². The van der Waals surface area contributed by atoms with Crippen molar-refractivity contribution < 1.29 is 9.13 Å². The largest absolute Gasteiger partial charge is 0.495 e. The van der Waals surface area contributed by atoms with E-state index in [1.54, 1.807) is 30.3 Å². The quantitative estimate of drug-likeness (QED) is 0.672. The molecular formula is C18H14ClFN2O3. The summed E-state index contributed by atoms with van der Waals surface area (Å²) in [7, 11) is 1.48. The molecule has 3 aromatic rings. The number of hydrogen-bond acceptors (Lipinski definition) is 3. The molecule has 0 N–H and O–H groups in total. The fourth-order valence-electron chi connectivity index (χ4n) is 2.45. The van der Waals surface area contributed by atoms with E-state index in [1.807, 2.05) is 0 Å². The molecule has 0 aliphatic carbocycles. The molecular weight excluding hydrogens is 347 g/mol. The van der Waals surface area contributed by atoms with Crippen LogP contribution in [0.15, 0.2) is 64.4 Å². The van der Waals surface area contributed by atoms with E-state index in [-0.39, 0.29) is 6.54 Å². The van der Waals surface area contributed by atoms with Gasteiger partial charge in [0.25, 0.3) is 0 Å². The summed E-state index contributed by atoms with van der Waals surface area (Å²) in [4.78, 5) is 24.7. The highest BCUT2D eigenvalue weighted by Crippen LogP contribution is 2.25. The molecule has 1 heterocycles. The summed E-state index contributed by atoms with van der Waals surface area (Å²) in [5.41, 5.74) is -0.738. The van der Waals surface area contributed by atoms with E-state index in [0.29, 0.717) is 22.0 Å². The van der Waals surface area contributed by atoms with Gasteiger partial charge >= 0.3 is 11.1 Å². The number of benzene rings is 2. The molecule has 0 atom stereocenters. The summed E-state index contributed by atoms with van der Waals surface area (Å²) in [6.45, 7) is -0.0229. The molecule has 0 saturated carbocycles. The van der Waals surface area contributed by atoms with E-state index in [4.69, 9.17) is 16.3 Å². The number of hydrogen-bond donors (Lipinski definition) is 0. The molecule has 0 bridgehead atoms. The molecule has 128 valence electrons. The Balaban J connectivity index is 2.01. The maximum atomic E-state index is 13.7. The molecule has 0 spiro atoms. The Bertz CT molecular complexity index is 1040. The standard InChI is InChI=1S/C18H14ClFN2O3/c1-25-16-7-6-13(10-14(16)19)22-9-8-21(17(23)18(22)24)11-12-4-2-3-5-15(12)20/h2-10H,11H2,1H3. The second kappa shape index (κ2) is 6.94. The number of ether oxygens (including phenoxy) is 1. The van der Waals surface area contributed by atoms with Crippen LogP contribution in [0.3, 0.4) is 0 Å². The molecule has 0 aliphatic heterocycles. The lowest BCUT2D eigenvalue weighted by molar-refractivity contribution is 0.415. The Morgan fingerprint density at radius 1 is 1.08 bits per heavy atom. The summed E-state index contributed by atoms with van der Waals surface area (Å²) >= 11 is 6.06. The van der Waals surface area contributed by atoms with Gasteiger partial charge in [-0.3, -0.25) is 14.2 Å². The van der Waals surface area contributed by atoms with Gasteiger partial charge in [0.2, 0.25) is 0 Å². The first-order valence-corrected chi connectivity index (χ1v) is 7.78. The molecule has 0 radical (unpaired) electrons. The summed E-state index contributed by atoms with van der Waals surface area (Å²) in [6.07, 6.45) is 2.89. The molecule has 1 aromatic heterocycles. The zero-order valence-corrected chi connectivity index (χ0v) is 14.0. The highest BCUT2D eigenvalue weighted by Gasteiger charge is 2.10. The van der Waals surface area contributed by atoms with E-state index in [2.05, 4.69) is 0 Å². The van der Waals surface area contributed by atoms with Crippen molar-refractivity contribution >= 4 is 11.6 Å². The smallest absolute Gasteiger partial charge is 0.320 e. The molecule has 25 heavy (non-hydrogen) atoms. The minimum absolute atomic E-state index is 0.0229. The number of methoxy groups -OCH3 is 1. The Kier molecular flexibility index (Phi) is 4.72. The third-order valence-electron chi connectivity index (χ3n) is 3.77.